The minimum Gasteiger partial charge on any atom is -0.465 e. The summed E-state index contributed by atoms with van der Waals surface area (Å²) in [5, 5.41) is 11.1. The second kappa shape index (κ2) is 9.12. The number of amides is 1. The summed E-state index contributed by atoms with van der Waals surface area (Å²) in [5.41, 5.74) is 0.797. The first-order valence-corrected chi connectivity index (χ1v) is 8.88. The van der Waals surface area contributed by atoms with Gasteiger partial charge < -0.3 is 14.4 Å². The molecule has 150 valence electrons. The standard InChI is InChI=1S/C19H22N2O7/c1-4-27-17(23)11-20-12(3)18(19(24)28-5-2)15(10-16(20)22)13-7-6-8-14(9-13)21(25)26/h6-9,15H,4-5,10-11H2,1-3H3. The fourth-order valence-corrected chi connectivity index (χ4v) is 3.15. The Kier molecular flexibility index (Phi) is 6.86. The van der Waals surface area contributed by atoms with Gasteiger partial charge in [0.05, 0.1) is 23.7 Å². The maximum Gasteiger partial charge on any atom is 0.336 e. The predicted molar refractivity (Wildman–Crippen MR) is 98.1 cm³/mol. The lowest BCUT2D eigenvalue weighted by Crippen LogP contribution is -2.41. The Labute approximate surface area is 162 Å². The number of nitrogens with zero attached hydrogens (tertiary/aromatic N) is 2. The van der Waals surface area contributed by atoms with Gasteiger partial charge in [0.2, 0.25) is 5.91 Å². The zero-order valence-corrected chi connectivity index (χ0v) is 16.0. The van der Waals surface area contributed by atoms with Gasteiger partial charge in [0.1, 0.15) is 6.54 Å². The molecule has 0 saturated heterocycles. The number of ether oxygens (including phenoxy) is 2. The lowest BCUT2D eigenvalue weighted by Gasteiger charge is -2.33. The molecule has 0 N–H and O–H groups in total. The fourth-order valence-electron chi connectivity index (χ4n) is 3.15. The maximum atomic E-state index is 12.7. The largest absolute Gasteiger partial charge is 0.465 e. The molecule has 1 atom stereocenters. The summed E-state index contributed by atoms with van der Waals surface area (Å²) in [6, 6.07) is 5.80. The zero-order valence-electron chi connectivity index (χ0n) is 16.0. The van der Waals surface area contributed by atoms with Gasteiger partial charge in [-0.1, -0.05) is 12.1 Å². The van der Waals surface area contributed by atoms with Gasteiger partial charge >= 0.3 is 11.9 Å². The third-order valence-electron chi connectivity index (χ3n) is 4.39. The van der Waals surface area contributed by atoms with Crippen LogP contribution in [0, 0.1) is 10.1 Å². The van der Waals surface area contributed by atoms with Crippen molar-refractivity contribution in [2.45, 2.75) is 33.1 Å². The average Bonchev–Trinajstić information content (AvgIpc) is 2.65. The Hall–Kier alpha value is -3.23. The van der Waals surface area contributed by atoms with Crippen molar-refractivity contribution in [2.24, 2.45) is 0 Å². The average molecular weight is 390 g/mol. The number of allylic oxidation sites excluding steroid dienone is 1. The van der Waals surface area contributed by atoms with Gasteiger partial charge in [-0.15, -0.1) is 0 Å². The van der Waals surface area contributed by atoms with E-state index in [0.717, 1.165) is 0 Å². The van der Waals surface area contributed by atoms with Crippen LogP contribution in [0.4, 0.5) is 5.69 Å². The van der Waals surface area contributed by atoms with Gasteiger partial charge in [-0.05, 0) is 26.3 Å². The minimum absolute atomic E-state index is 0.119. The van der Waals surface area contributed by atoms with Crippen LogP contribution in [0.3, 0.4) is 0 Å². The van der Waals surface area contributed by atoms with E-state index in [1.807, 2.05) is 0 Å². The van der Waals surface area contributed by atoms with Crippen LogP contribution in [0.1, 0.15) is 38.7 Å². The maximum absolute atomic E-state index is 12.7. The van der Waals surface area contributed by atoms with Crippen molar-refractivity contribution >= 4 is 23.5 Å². The molecule has 0 bridgehead atoms. The second-order valence-electron chi connectivity index (χ2n) is 6.11. The van der Waals surface area contributed by atoms with E-state index in [1.165, 1.54) is 23.1 Å². The molecule has 0 saturated carbocycles. The number of nitro groups is 1. The Morgan fingerprint density at radius 2 is 1.93 bits per heavy atom. The summed E-state index contributed by atoms with van der Waals surface area (Å²) < 4.78 is 10.0. The first-order chi connectivity index (χ1) is 13.3. The SMILES string of the molecule is CCOC(=O)CN1C(=O)CC(c2cccc([N+](=O)[O-])c2)C(C(=O)OCC)=C1C. The van der Waals surface area contributed by atoms with Crippen molar-refractivity contribution in [3.8, 4) is 0 Å². The third kappa shape index (κ3) is 4.54. The summed E-state index contributed by atoms with van der Waals surface area (Å²) in [6.45, 7) is 4.84. The van der Waals surface area contributed by atoms with Crippen molar-refractivity contribution in [1.29, 1.82) is 0 Å². The van der Waals surface area contributed by atoms with Crippen molar-refractivity contribution in [3.63, 3.8) is 0 Å². The van der Waals surface area contributed by atoms with Crippen molar-refractivity contribution in [1.82, 2.24) is 4.90 Å². The number of non-ortho nitro benzene ring substituents is 1. The van der Waals surface area contributed by atoms with E-state index in [2.05, 4.69) is 0 Å². The monoisotopic (exact) mass is 390 g/mol. The van der Waals surface area contributed by atoms with Gasteiger partial charge in [0.25, 0.3) is 5.69 Å². The smallest absolute Gasteiger partial charge is 0.336 e. The molecule has 28 heavy (non-hydrogen) atoms. The summed E-state index contributed by atoms with van der Waals surface area (Å²) in [5.74, 6) is -2.30. The van der Waals surface area contributed by atoms with Crippen LogP contribution < -0.4 is 0 Å². The summed E-state index contributed by atoms with van der Waals surface area (Å²) in [7, 11) is 0. The van der Waals surface area contributed by atoms with E-state index >= 15 is 0 Å². The fraction of sp³-hybridized carbons (Fsp3) is 0.421. The van der Waals surface area contributed by atoms with Crippen LogP contribution in [0.25, 0.3) is 0 Å². The molecule has 0 spiro atoms. The first-order valence-electron chi connectivity index (χ1n) is 8.88. The highest BCUT2D eigenvalue weighted by molar-refractivity contribution is 5.96. The number of nitro benzene ring substituents is 1. The molecule has 1 unspecified atom stereocenters. The molecule has 1 heterocycles. The van der Waals surface area contributed by atoms with E-state index in [-0.39, 0.29) is 49.0 Å². The van der Waals surface area contributed by atoms with Gasteiger partial charge in [-0.3, -0.25) is 19.7 Å². The molecule has 9 nitrogen and oxygen atoms in total. The quantitative estimate of drug-likeness (QED) is 0.398. The number of rotatable bonds is 7. The van der Waals surface area contributed by atoms with Gasteiger partial charge in [0, 0.05) is 30.2 Å². The van der Waals surface area contributed by atoms with Crippen LogP contribution in [0.15, 0.2) is 35.5 Å². The Balaban J connectivity index is 2.51. The number of hydrogen-bond acceptors (Lipinski definition) is 7. The highest BCUT2D eigenvalue weighted by atomic mass is 16.6. The molecule has 2 rings (SSSR count). The summed E-state index contributed by atoms with van der Waals surface area (Å²) in [6.07, 6.45) is -0.119. The highest BCUT2D eigenvalue weighted by Gasteiger charge is 2.38. The molecule has 1 aliphatic heterocycles. The van der Waals surface area contributed by atoms with E-state index in [0.29, 0.717) is 5.56 Å². The number of esters is 2. The number of carbonyl (C=O) groups excluding carboxylic acids is 3. The van der Waals surface area contributed by atoms with Crippen LogP contribution in [-0.2, 0) is 23.9 Å². The molecule has 1 aliphatic rings. The predicted octanol–water partition coefficient (Wildman–Crippen LogP) is 2.31. The number of carbonyl (C=O) groups is 3. The minimum atomic E-state index is -0.704. The summed E-state index contributed by atoms with van der Waals surface area (Å²) in [4.78, 5) is 48.9. The molecule has 9 heteroatoms. The topological polar surface area (TPSA) is 116 Å². The van der Waals surface area contributed by atoms with Crippen molar-refractivity contribution < 1.29 is 28.8 Å². The lowest BCUT2D eigenvalue weighted by atomic mass is 9.83. The molecule has 0 aromatic heterocycles. The molecule has 1 aromatic carbocycles. The Morgan fingerprint density at radius 1 is 1.25 bits per heavy atom. The van der Waals surface area contributed by atoms with Crippen LogP contribution >= 0.6 is 0 Å². The molecular weight excluding hydrogens is 368 g/mol. The van der Waals surface area contributed by atoms with Crippen LogP contribution in [-0.4, -0.2) is 47.4 Å². The summed E-state index contributed by atoms with van der Waals surface area (Å²) >= 11 is 0. The number of hydrogen-bond donors (Lipinski definition) is 0. The normalized spacial score (nSPS) is 16.8. The molecule has 1 aromatic rings. The number of benzene rings is 1. The molecule has 0 aliphatic carbocycles. The van der Waals surface area contributed by atoms with Gasteiger partial charge in [0.15, 0.2) is 0 Å². The van der Waals surface area contributed by atoms with E-state index in [9.17, 15) is 24.5 Å². The second-order valence-corrected chi connectivity index (χ2v) is 6.11. The Bertz CT molecular complexity index is 831. The highest BCUT2D eigenvalue weighted by Crippen LogP contribution is 2.38. The first kappa shape index (κ1) is 21.1. The van der Waals surface area contributed by atoms with Gasteiger partial charge in [-0.2, -0.15) is 0 Å². The van der Waals surface area contributed by atoms with Crippen molar-refractivity contribution in [3.05, 3.63) is 51.2 Å². The van der Waals surface area contributed by atoms with Gasteiger partial charge in [-0.25, -0.2) is 4.79 Å². The van der Waals surface area contributed by atoms with Crippen LogP contribution in [0.2, 0.25) is 0 Å². The molecule has 0 radical (unpaired) electrons. The lowest BCUT2D eigenvalue weighted by molar-refractivity contribution is -0.384. The van der Waals surface area contributed by atoms with Crippen molar-refractivity contribution in [2.75, 3.05) is 19.8 Å². The molecule has 0 fully saturated rings. The van der Waals surface area contributed by atoms with Crippen LogP contribution in [0.5, 0.6) is 0 Å². The third-order valence-corrected chi connectivity index (χ3v) is 4.39. The Morgan fingerprint density at radius 3 is 2.54 bits per heavy atom. The molecular formula is C19H22N2O7. The van der Waals surface area contributed by atoms with E-state index in [1.54, 1.807) is 26.8 Å². The van der Waals surface area contributed by atoms with E-state index in [4.69, 9.17) is 9.47 Å². The molecule has 1 amide bonds. The van der Waals surface area contributed by atoms with E-state index < -0.39 is 22.8 Å². The zero-order chi connectivity index (χ0) is 20.8.